The third-order valence-corrected chi connectivity index (χ3v) is 9.57. The number of phosphoric ester groups is 1. The van der Waals surface area contributed by atoms with Crippen LogP contribution in [0.5, 0.6) is 0 Å². The summed E-state index contributed by atoms with van der Waals surface area (Å²) in [5.41, 5.74) is 2.71. The SMILES string of the molecule is CCCCCCCCCCCCCCCCCCC(OP(=O)(O)O)(C(=O)CCCCCCCCCCCCC)C(O)CO.NCCO. The summed E-state index contributed by atoms with van der Waals surface area (Å²) in [7, 11) is -5.06. The number of ketones is 1. The van der Waals surface area contributed by atoms with E-state index in [1.807, 2.05) is 0 Å². The van der Waals surface area contributed by atoms with Gasteiger partial charge in [-0.15, -0.1) is 0 Å². The maximum atomic E-state index is 13.3. The van der Waals surface area contributed by atoms with Gasteiger partial charge in [0.15, 0.2) is 11.4 Å². The Morgan fingerprint density at radius 1 is 0.617 bits per heavy atom. The number of phosphoric acid groups is 1. The van der Waals surface area contributed by atoms with Crippen LogP contribution in [0, 0.1) is 0 Å². The zero-order valence-electron chi connectivity index (χ0n) is 30.7. The van der Waals surface area contributed by atoms with Gasteiger partial charge in [0.2, 0.25) is 0 Å². The number of hydrogen-bond donors (Lipinski definition) is 6. The van der Waals surface area contributed by atoms with Gasteiger partial charge in [-0.25, -0.2) is 4.57 Å². The first-order valence-electron chi connectivity index (χ1n) is 19.5. The molecule has 284 valence electrons. The second-order valence-corrected chi connectivity index (χ2v) is 14.6. The second-order valence-electron chi connectivity index (χ2n) is 13.4. The van der Waals surface area contributed by atoms with Gasteiger partial charge >= 0.3 is 7.82 Å². The first-order chi connectivity index (χ1) is 22.6. The van der Waals surface area contributed by atoms with Crippen molar-refractivity contribution in [3.05, 3.63) is 0 Å². The van der Waals surface area contributed by atoms with Gasteiger partial charge in [0.1, 0.15) is 6.10 Å². The predicted molar refractivity (Wildman–Crippen MR) is 195 cm³/mol. The lowest BCUT2D eigenvalue weighted by Crippen LogP contribution is -2.52. The van der Waals surface area contributed by atoms with Crippen LogP contribution in [0.15, 0.2) is 0 Å². The molecule has 0 aliphatic heterocycles. The Morgan fingerprint density at radius 2 is 0.915 bits per heavy atom. The van der Waals surface area contributed by atoms with E-state index in [-0.39, 0.29) is 19.4 Å². The number of aliphatic hydroxyl groups is 3. The molecule has 0 fully saturated rings. The number of aliphatic hydroxyl groups excluding tert-OH is 3. The van der Waals surface area contributed by atoms with E-state index in [4.69, 9.17) is 15.4 Å². The van der Waals surface area contributed by atoms with Gasteiger partial charge in [-0.3, -0.25) is 9.32 Å². The van der Waals surface area contributed by atoms with Crippen molar-refractivity contribution in [3.8, 4) is 0 Å². The van der Waals surface area contributed by atoms with E-state index >= 15 is 0 Å². The van der Waals surface area contributed by atoms with Crippen molar-refractivity contribution in [3.63, 3.8) is 0 Å². The molecule has 0 saturated heterocycles. The van der Waals surface area contributed by atoms with Gasteiger partial charge in [-0.1, -0.05) is 174 Å². The summed E-state index contributed by atoms with van der Waals surface area (Å²) >= 11 is 0. The van der Waals surface area contributed by atoms with Crippen LogP contribution in [-0.4, -0.2) is 62.4 Å². The third-order valence-electron chi connectivity index (χ3n) is 9.00. The fourth-order valence-electron chi connectivity index (χ4n) is 6.11. The number of rotatable bonds is 35. The quantitative estimate of drug-likeness (QED) is 0.0280. The van der Waals surface area contributed by atoms with E-state index in [9.17, 15) is 29.4 Å². The molecule has 0 amide bonds. The molecular weight excluding hydrogens is 617 g/mol. The highest BCUT2D eigenvalue weighted by atomic mass is 31.2. The minimum atomic E-state index is -5.06. The topological polar surface area (TPSA) is 171 Å². The zero-order valence-corrected chi connectivity index (χ0v) is 31.6. The van der Waals surface area contributed by atoms with Crippen molar-refractivity contribution in [1.82, 2.24) is 0 Å². The van der Waals surface area contributed by atoms with Crippen LogP contribution >= 0.6 is 7.82 Å². The molecule has 0 radical (unpaired) electrons. The first-order valence-corrected chi connectivity index (χ1v) is 21.1. The smallest absolute Gasteiger partial charge is 0.395 e. The third kappa shape index (κ3) is 31.3. The van der Waals surface area contributed by atoms with Gasteiger partial charge in [0, 0.05) is 13.0 Å². The fraction of sp³-hybridized carbons (Fsp3) is 0.973. The number of nitrogens with two attached hydrogens (primary N) is 1. The second kappa shape index (κ2) is 35.4. The molecule has 9 nitrogen and oxygen atoms in total. The molecule has 0 rings (SSSR count). The minimum absolute atomic E-state index is 0.00482. The number of Topliss-reactive ketones (excluding diaryl/α,β-unsaturated/α-hetero) is 1. The molecule has 7 N–H and O–H groups in total. The summed E-state index contributed by atoms with van der Waals surface area (Å²) in [6.07, 6.45) is 30.0. The molecule has 0 heterocycles. The van der Waals surface area contributed by atoms with Crippen molar-refractivity contribution in [1.29, 1.82) is 0 Å². The van der Waals surface area contributed by atoms with Crippen molar-refractivity contribution >= 4 is 13.6 Å². The zero-order chi connectivity index (χ0) is 35.5. The van der Waals surface area contributed by atoms with Crippen molar-refractivity contribution < 1.29 is 39.0 Å². The number of carbonyl (C=O) groups is 1. The average Bonchev–Trinajstić information content (AvgIpc) is 3.05. The maximum Gasteiger partial charge on any atom is 0.470 e. The van der Waals surface area contributed by atoms with E-state index in [1.54, 1.807) is 0 Å². The Morgan fingerprint density at radius 3 is 1.19 bits per heavy atom. The fourth-order valence-corrected chi connectivity index (χ4v) is 6.85. The lowest BCUT2D eigenvalue weighted by Gasteiger charge is -2.35. The normalized spacial score (nSPS) is 13.6. The van der Waals surface area contributed by atoms with E-state index in [0.29, 0.717) is 19.4 Å². The summed E-state index contributed by atoms with van der Waals surface area (Å²) in [6.45, 7) is 4.16. The summed E-state index contributed by atoms with van der Waals surface area (Å²) in [5, 5.41) is 28.0. The van der Waals surface area contributed by atoms with E-state index in [1.165, 1.54) is 116 Å². The van der Waals surface area contributed by atoms with Crippen molar-refractivity contribution in [2.45, 2.75) is 212 Å². The average molecular weight is 696 g/mol. The summed E-state index contributed by atoms with van der Waals surface area (Å²) in [5.74, 6) is -0.519. The summed E-state index contributed by atoms with van der Waals surface area (Å²) in [6, 6.07) is 0. The van der Waals surface area contributed by atoms with Gasteiger partial charge in [-0.2, -0.15) is 0 Å². The molecule has 0 saturated carbocycles. The van der Waals surface area contributed by atoms with Gasteiger partial charge in [0.25, 0.3) is 0 Å². The Kier molecular flexibility index (Phi) is 36.8. The Balaban J connectivity index is 0. The van der Waals surface area contributed by atoms with Crippen molar-refractivity contribution in [2.24, 2.45) is 5.73 Å². The largest absolute Gasteiger partial charge is 0.470 e. The number of hydrogen-bond acceptors (Lipinski definition) is 7. The van der Waals surface area contributed by atoms with E-state index < -0.39 is 31.9 Å². The van der Waals surface area contributed by atoms with Crippen LogP contribution in [0.1, 0.15) is 200 Å². The number of carbonyl (C=O) groups excluding carboxylic acids is 1. The number of unbranched alkanes of at least 4 members (excludes halogenated alkanes) is 25. The highest BCUT2D eigenvalue weighted by molar-refractivity contribution is 7.46. The van der Waals surface area contributed by atoms with Gasteiger partial charge in [-0.05, 0) is 19.3 Å². The van der Waals surface area contributed by atoms with Crippen LogP contribution in [0.4, 0.5) is 0 Å². The molecule has 0 aromatic carbocycles. The van der Waals surface area contributed by atoms with Crippen LogP contribution in [-0.2, 0) is 13.9 Å². The molecular formula is C37H78NO8P. The molecule has 2 atom stereocenters. The van der Waals surface area contributed by atoms with Gasteiger partial charge in [0.05, 0.1) is 13.2 Å². The van der Waals surface area contributed by atoms with E-state index in [0.717, 1.165) is 44.9 Å². The minimum Gasteiger partial charge on any atom is -0.395 e. The predicted octanol–water partition coefficient (Wildman–Crippen LogP) is 9.05. The molecule has 0 bridgehead atoms. The van der Waals surface area contributed by atoms with E-state index in [2.05, 4.69) is 13.8 Å². The van der Waals surface area contributed by atoms with Crippen LogP contribution in [0.3, 0.4) is 0 Å². The highest BCUT2D eigenvalue weighted by Gasteiger charge is 2.49. The first kappa shape index (κ1) is 48.7. The van der Waals surface area contributed by atoms with Crippen molar-refractivity contribution in [2.75, 3.05) is 19.8 Å². The molecule has 0 aliphatic rings. The molecule has 0 aliphatic carbocycles. The van der Waals surface area contributed by atoms with Gasteiger partial charge < -0.3 is 30.8 Å². The highest BCUT2D eigenvalue weighted by Crippen LogP contribution is 2.45. The molecule has 0 aromatic heterocycles. The maximum absolute atomic E-state index is 13.3. The monoisotopic (exact) mass is 696 g/mol. The lowest BCUT2D eigenvalue weighted by molar-refractivity contribution is -0.153. The Hall–Kier alpha value is -0.380. The van der Waals surface area contributed by atoms with Crippen LogP contribution in [0.25, 0.3) is 0 Å². The summed E-state index contributed by atoms with van der Waals surface area (Å²) < 4.78 is 16.9. The molecule has 0 spiro atoms. The standard InChI is InChI=1S/C35H71O7P.C2H7NO/c1-3-5-7-9-11-13-15-16-17-18-19-21-23-25-27-29-31-35(34(38)32-36,42-43(39,40)41)33(37)30-28-26-24-22-20-14-12-10-8-6-4-2;3-1-2-4/h34,36,38H,3-32H2,1-2H3,(H2,39,40,41);4H,1-3H2. The van der Waals surface area contributed by atoms with Crippen LogP contribution < -0.4 is 5.73 Å². The molecule has 10 heteroatoms. The molecule has 0 aromatic rings. The summed E-state index contributed by atoms with van der Waals surface area (Å²) in [4.78, 5) is 32.4. The van der Waals surface area contributed by atoms with Crippen LogP contribution in [0.2, 0.25) is 0 Å². The Bertz CT molecular complexity index is 706. The Labute approximate surface area is 289 Å². The molecule has 2 unspecified atom stereocenters. The lowest BCUT2D eigenvalue weighted by atomic mass is 9.84. The molecule has 47 heavy (non-hydrogen) atoms.